The van der Waals surface area contributed by atoms with E-state index in [2.05, 4.69) is 10.1 Å². The number of rotatable bonds is 7. The lowest BCUT2D eigenvalue weighted by molar-refractivity contribution is -0.274. The first-order valence-corrected chi connectivity index (χ1v) is 9.47. The maximum absolute atomic E-state index is 12.1. The summed E-state index contributed by atoms with van der Waals surface area (Å²) in [5.41, 5.74) is -0.0622. The van der Waals surface area contributed by atoms with E-state index in [1.807, 2.05) is 0 Å². The van der Waals surface area contributed by atoms with Gasteiger partial charge in [-0.3, -0.25) is 4.79 Å². The monoisotopic (exact) mass is 448 g/mol. The summed E-state index contributed by atoms with van der Waals surface area (Å²) in [6.07, 6.45) is -4.84. The van der Waals surface area contributed by atoms with Crippen LogP contribution in [-0.4, -0.2) is 40.4 Å². The van der Waals surface area contributed by atoms with Gasteiger partial charge in [0.05, 0.1) is 12.7 Å². The molecule has 0 fully saturated rings. The Bertz CT molecular complexity index is 1040. The van der Waals surface area contributed by atoms with E-state index in [-0.39, 0.29) is 17.0 Å². The van der Waals surface area contributed by atoms with Gasteiger partial charge in [0.25, 0.3) is 5.91 Å². The van der Waals surface area contributed by atoms with E-state index in [0.29, 0.717) is 0 Å². The molecule has 0 spiro atoms. The molecule has 0 bridgehead atoms. The molecule has 0 atom stereocenters. The van der Waals surface area contributed by atoms with Crippen LogP contribution in [0.25, 0.3) is 0 Å². The van der Waals surface area contributed by atoms with Gasteiger partial charge >= 0.3 is 12.3 Å². The highest BCUT2D eigenvalue weighted by Crippen LogP contribution is 2.25. The van der Waals surface area contributed by atoms with Crippen LogP contribution < -0.4 is 19.9 Å². The number of nitrogens with one attached hydrogen (secondary N) is 1. The van der Waals surface area contributed by atoms with Crippen molar-refractivity contribution in [3.8, 4) is 11.5 Å². The third-order valence-electron chi connectivity index (χ3n) is 3.41. The summed E-state index contributed by atoms with van der Waals surface area (Å²) in [7, 11) is -2.96. The van der Waals surface area contributed by atoms with Crippen molar-refractivity contribution in [1.82, 2.24) is 0 Å². The molecule has 0 saturated heterocycles. The highest BCUT2D eigenvalue weighted by molar-refractivity contribution is 7.89. The first-order chi connectivity index (χ1) is 13.9. The number of carbonyl (C=O) groups excluding carboxylic acids is 2. The van der Waals surface area contributed by atoms with Crippen LogP contribution in [0.3, 0.4) is 0 Å². The normalized spacial score (nSPS) is 11.5. The van der Waals surface area contributed by atoms with Gasteiger partial charge in [0, 0.05) is 5.69 Å². The molecule has 2 rings (SSSR count). The minimum atomic E-state index is -4.84. The van der Waals surface area contributed by atoms with Crippen molar-refractivity contribution in [3.63, 3.8) is 0 Å². The Kier molecular flexibility index (Phi) is 6.89. The number of primary sulfonamides is 1. The van der Waals surface area contributed by atoms with Gasteiger partial charge in [-0.1, -0.05) is 0 Å². The van der Waals surface area contributed by atoms with Crippen molar-refractivity contribution < 1.29 is 45.4 Å². The second kappa shape index (κ2) is 9.00. The van der Waals surface area contributed by atoms with Crippen LogP contribution >= 0.6 is 0 Å². The topological polar surface area (TPSA) is 134 Å². The van der Waals surface area contributed by atoms with E-state index in [9.17, 15) is 31.2 Å². The summed E-state index contributed by atoms with van der Waals surface area (Å²) < 4.78 is 72.8. The number of hydrogen-bond donors (Lipinski definition) is 2. The highest BCUT2D eigenvalue weighted by atomic mass is 32.2. The van der Waals surface area contributed by atoms with Crippen molar-refractivity contribution >= 4 is 27.6 Å². The van der Waals surface area contributed by atoms with Crippen molar-refractivity contribution in [2.75, 3.05) is 19.0 Å². The predicted octanol–water partition coefficient (Wildman–Crippen LogP) is 2.04. The van der Waals surface area contributed by atoms with Gasteiger partial charge in [0.1, 0.15) is 16.4 Å². The fraction of sp³-hybridized carbons (Fsp3) is 0.176. The second-order valence-electron chi connectivity index (χ2n) is 5.61. The molecule has 13 heteroatoms. The van der Waals surface area contributed by atoms with E-state index in [1.54, 1.807) is 0 Å². The number of carbonyl (C=O) groups is 2. The summed E-state index contributed by atoms with van der Waals surface area (Å²) >= 11 is 0. The molecule has 3 N–H and O–H groups in total. The van der Waals surface area contributed by atoms with E-state index < -0.39 is 45.5 Å². The Morgan fingerprint density at radius 2 is 1.73 bits per heavy atom. The van der Waals surface area contributed by atoms with E-state index in [4.69, 9.17) is 14.6 Å². The highest BCUT2D eigenvalue weighted by Gasteiger charge is 2.31. The molecule has 30 heavy (non-hydrogen) atoms. The number of methoxy groups -OCH3 is 1. The Labute approximate surface area is 168 Å². The average molecular weight is 448 g/mol. The van der Waals surface area contributed by atoms with Crippen LogP contribution in [0.15, 0.2) is 47.4 Å². The molecular formula is C17H15F3N2O7S. The molecule has 1 amide bonds. The molecule has 2 aromatic rings. The second-order valence-corrected chi connectivity index (χ2v) is 7.14. The molecule has 0 aliphatic rings. The summed E-state index contributed by atoms with van der Waals surface area (Å²) in [4.78, 5) is 23.5. The number of benzene rings is 2. The lowest BCUT2D eigenvalue weighted by Crippen LogP contribution is -2.21. The van der Waals surface area contributed by atoms with Crippen LogP contribution in [0.4, 0.5) is 18.9 Å². The zero-order valence-corrected chi connectivity index (χ0v) is 16.0. The quantitative estimate of drug-likeness (QED) is 0.619. The lowest BCUT2D eigenvalue weighted by Gasteiger charge is -2.11. The zero-order chi connectivity index (χ0) is 22.5. The van der Waals surface area contributed by atoms with E-state index in [1.165, 1.54) is 19.2 Å². The van der Waals surface area contributed by atoms with Crippen LogP contribution in [0.5, 0.6) is 11.5 Å². The lowest BCUT2D eigenvalue weighted by atomic mass is 10.2. The minimum Gasteiger partial charge on any atom is -0.495 e. The molecule has 0 aliphatic carbocycles. The van der Waals surface area contributed by atoms with Crippen LogP contribution in [0, 0.1) is 0 Å². The molecule has 0 aliphatic heterocycles. The number of esters is 1. The number of amides is 1. The molecule has 0 radical (unpaired) electrons. The molecule has 9 nitrogen and oxygen atoms in total. The molecule has 0 heterocycles. The number of sulfonamides is 1. The fourth-order valence-corrected chi connectivity index (χ4v) is 2.90. The van der Waals surface area contributed by atoms with Crippen molar-refractivity contribution in [2.24, 2.45) is 5.14 Å². The summed E-state index contributed by atoms with van der Waals surface area (Å²) in [5.74, 6) is -2.35. The fourth-order valence-electron chi connectivity index (χ4n) is 2.18. The Morgan fingerprint density at radius 3 is 2.27 bits per heavy atom. The maximum Gasteiger partial charge on any atom is 0.573 e. The third kappa shape index (κ3) is 6.63. The molecule has 0 unspecified atom stereocenters. The summed E-state index contributed by atoms with van der Waals surface area (Å²) in [6.45, 7) is -0.740. The minimum absolute atomic E-state index is 0.0789. The van der Waals surface area contributed by atoms with Crippen LogP contribution in [-0.2, 0) is 19.6 Å². The number of nitrogens with two attached hydrogens (primary N) is 1. The number of hydrogen-bond acceptors (Lipinski definition) is 7. The molecule has 2 aromatic carbocycles. The average Bonchev–Trinajstić information content (AvgIpc) is 2.65. The van der Waals surface area contributed by atoms with E-state index >= 15 is 0 Å². The standard InChI is InChI=1S/C17H15F3N2O7S/c1-27-13-7-2-10(8-14(13)30(21,25)26)16(24)28-9-15(23)22-11-3-5-12(6-4-11)29-17(18,19)20/h2-8H,9H2,1H3,(H,22,23)(H2,21,25,26). The van der Waals surface area contributed by atoms with Gasteiger partial charge in [-0.05, 0) is 42.5 Å². The molecule has 0 aromatic heterocycles. The largest absolute Gasteiger partial charge is 0.573 e. The smallest absolute Gasteiger partial charge is 0.495 e. The summed E-state index contributed by atoms with van der Waals surface area (Å²) in [6, 6.07) is 7.63. The number of alkyl halides is 3. The number of ether oxygens (including phenoxy) is 3. The van der Waals surface area contributed by atoms with Gasteiger partial charge in [-0.15, -0.1) is 13.2 Å². The Balaban J connectivity index is 1.97. The molecule has 162 valence electrons. The Morgan fingerprint density at radius 1 is 1.10 bits per heavy atom. The first-order valence-electron chi connectivity index (χ1n) is 7.92. The molecule has 0 saturated carbocycles. The van der Waals surface area contributed by atoms with Gasteiger partial charge in [-0.2, -0.15) is 0 Å². The van der Waals surface area contributed by atoms with Gasteiger partial charge in [0.2, 0.25) is 10.0 Å². The molecular weight excluding hydrogens is 433 g/mol. The van der Waals surface area contributed by atoms with Crippen molar-refractivity contribution in [1.29, 1.82) is 0 Å². The zero-order valence-electron chi connectivity index (χ0n) is 15.2. The van der Waals surface area contributed by atoms with Crippen molar-refractivity contribution in [2.45, 2.75) is 11.3 Å². The van der Waals surface area contributed by atoms with E-state index in [0.717, 1.165) is 30.3 Å². The predicted molar refractivity (Wildman–Crippen MR) is 96.4 cm³/mol. The van der Waals surface area contributed by atoms with Crippen LogP contribution in [0.2, 0.25) is 0 Å². The third-order valence-corrected chi connectivity index (χ3v) is 4.34. The maximum atomic E-state index is 12.1. The van der Waals surface area contributed by atoms with Crippen LogP contribution in [0.1, 0.15) is 10.4 Å². The summed E-state index contributed by atoms with van der Waals surface area (Å²) in [5, 5.41) is 7.36. The first kappa shape index (κ1) is 23.0. The number of halogens is 3. The SMILES string of the molecule is COc1ccc(C(=O)OCC(=O)Nc2ccc(OC(F)(F)F)cc2)cc1S(N)(=O)=O. The van der Waals surface area contributed by atoms with Gasteiger partial charge in [0.15, 0.2) is 6.61 Å². The van der Waals surface area contributed by atoms with Crippen molar-refractivity contribution in [3.05, 3.63) is 48.0 Å². The van der Waals surface area contributed by atoms with Gasteiger partial charge in [-0.25, -0.2) is 18.4 Å². The van der Waals surface area contributed by atoms with Gasteiger partial charge < -0.3 is 19.5 Å². The number of anilines is 1. The Hall–Kier alpha value is -3.32.